The van der Waals surface area contributed by atoms with Gasteiger partial charge in [0.15, 0.2) is 17.4 Å². The molecule has 184 valence electrons. The number of hydrogen-bond donors (Lipinski definition) is 2. The highest BCUT2D eigenvalue weighted by atomic mass is 35.5. The zero-order chi connectivity index (χ0) is 25.6. The Kier molecular flexibility index (Phi) is 6.45. The molecule has 2 aliphatic rings. The minimum atomic E-state index is -1.01. The van der Waals surface area contributed by atoms with Crippen LogP contribution in [0.2, 0.25) is 10.0 Å². The lowest BCUT2D eigenvalue weighted by Gasteiger charge is -2.33. The average molecular weight is 529 g/mol. The zero-order valence-electron chi connectivity index (χ0n) is 19.1. The van der Waals surface area contributed by atoms with Gasteiger partial charge in [0, 0.05) is 34.0 Å². The summed E-state index contributed by atoms with van der Waals surface area (Å²) < 4.78 is 33.3. The molecule has 36 heavy (non-hydrogen) atoms. The molecule has 1 aromatic heterocycles. The third-order valence-corrected chi connectivity index (χ3v) is 6.88. The highest BCUT2D eigenvalue weighted by Gasteiger charge is 2.40. The number of furan rings is 1. The van der Waals surface area contributed by atoms with Crippen LogP contribution in [-0.4, -0.2) is 11.7 Å². The van der Waals surface area contributed by atoms with Crippen molar-refractivity contribution in [3.63, 3.8) is 0 Å². The summed E-state index contributed by atoms with van der Waals surface area (Å²) in [5.41, 5.74) is 2.71. The Bertz CT molecular complexity index is 1480. The van der Waals surface area contributed by atoms with Gasteiger partial charge in [-0.2, -0.15) is 0 Å². The molecule has 1 aliphatic heterocycles. The molecule has 5 nitrogen and oxygen atoms in total. The third-order valence-electron chi connectivity index (χ3n) is 6.31. The third kappa shape index (κ3) is 4.45. The summed E-state index contributed by atoms with van der Waals surface area (Å²) in [7, 11) is 0. The molecule has 2 N–H and O–H groups in total. The average Bonchev–Trinajstić information content (AvgIpc) is 3.32. The second kappa shape index (κ2) is 9.56. The molecule has 0 saturated heterocycles. The van der Waals surface area contributed by atoms with Crippen LogP contribution in [0.15, 0.2) is 75.5 Å². The molecule has 3 aromatic rings. The topological polar surface area (TPSA) is 71.3 Å². The second-order valence-electron chi connectivity index (χ2n) is 8.67. The van der Waals surface area contributed by atoms with E-state index in [1.165, 1.54) is 12.1 Å². The number of hydrogen-bond acceptors (Lipinski definition) is 4. The van der Waals surface area contributed by atoms with E-state index >= 15 is 0 Å². The number of carbonyl (C=O) groups is 2. The van der Waals surface area contributed by atoms with Crippen molar-refractivity contribution < 1.29 is 22.8 Å². The largest absolute Gasteiger partial charge is 0.460 e. The number of halogens is 4. The molecule has 1 unspecified atom stereocenters. The van der Waals surface area contributed by atoms with Gasteiger partial charge in [0.2, 0.25) is 0 Å². The van der Waals surface area contributed by atoms with Crippen LogP contribution in [-0.2, 0) is 9.59 Å². The minimum Gasteiger partial charge on any atom is -0.460 e. The van der Waals surface area contributed by atoms with Gasteiger partial charge in [0.05, 0.1) is 22.2 Å². The molecule has 1 aliphatic carbocycles. The summed E-state index contributed by atoms with van der Waals surface area (Å²) in [6.07, 6.45) is 1.70. The number of nitrogens with one attached hydrogen (secondary N) is 2. The molecule has 2 aromatic carbocycles. The van der Waals surface area contributed by atoms with Gasteiger partial charge in [-0.05, 0) is 68.3 Å². The fraction of sp³-hybridized carbons (Fsp3) is 0.185. The van der Waals surface area contributed by atoms with E-state index in [1.807, 2.05) is 0 Å². The lowest BCUT2D eigenvalue weighted by atomic mass is 9.77. The Labute approximate surface area is 215 Å². The Hall–Kier alpha value is -3.42. The number of allylic oxidation sites excluding steroid dienone is 3. The minimum absolute atomic E-state index is 0.0851. The van der Waals surface area contributed by atoms with Crippen molar-refractivity contribution in [2.45, 2.75) is 32.1 Å². The molecule has 0 saturated carbocycles. The number of anilines is 1. The number of Topliss-reactive ketones (excluding diaryl/α,β-unsaturated/α-hetero) is 1. The summed E-state index contributed by atoms with van der Waals surface area (Å²) >= 11 is 12.3. The van der Waals surface area contributed by atoms with Crippen molar-refractivity contribution in [2.24, 2.45) is 0 Å². The Morgan fingerprint density at radius 3 is 2.64 bits per heavy atom. The standard InChI is InChI=1S/C27H20Cl2F2N2O3/c1-13-24(27(35)33-20-12-15(28)6-7-16(20)29)26(25-19(32-13)3-2-4-21(25)34)23-10-9-22(36-23)14-5-8-17(30)18(31)11-14/h5-12,26,32H,2-4H2,1H3,(H,33,35). The maximum atomic E-state index is 13.8. The van der Waals surface area contributed by atoms with E-state index in [0.29, 0.717) is 57.6 Å². The fourth-order valence-electron chi connectivity index (χ4n) is 4.66. The van der Waals surface area contributed by atoms with Gasteiger partial charge in [0.25, 0.3) is 5.91 Å². The summed E-state index contributed by atoms with van der Waals surface area (Å²) in [5, 5.41) is 6.72. The van der Waals surface area contributed by atoms with Gasteiger partial charge in [-0.15, -0.1) is 0 Å². The summed E-state index contributed by atoms with van der Waals surface area (Å²) in [5.74, 6) is -2.73. The van der Waals surface area contributed by atoms with Crippen LogP contribution < -0.4 is 10.6 Å². The first-order valence-electron chi connectivity index (χ1n) is 11.3. The van der Waals surface area contributed by atoms with Gasteiger partial charge in [-0.1, -0.05) is 23.2 Å². The maximum Gasteiger partial charge on any atom is 0.254 e. The highest BCUT2D eigenvalue weighted by Crippen LogP contribution is 2.44. The van der Waals surface area contributed by atoms with Crippen molar-refractivity contribution in [3.8, 4) is 11.3 Å². The van der Waals surface area contributed by atoms with E-state index in [9.17, 15) is 18.4 Å². The van der Waals surface area contributed by atoms with Gasteiger partial charge in [-0.3, -0.25) is 9.59 Å². The van der Waals surface area contributed by atoms with Crippen LogP contribution in [0.1, 0.15) is 37.9 Å². The van der Waals surface area contributed by atoms with Gasteiger partial charge in [0.1, 0.15) is 11.5 Å². The monoisotopic (exact) mass is 528 g/mol. The van der Waals surface area contributed by atoms with Crippen LogP contribution in [0.3, 0.4) is 0 Å². The number of amides is 1. The molecule has 0 fully saturated rings. The Morgan fingerprint density at radius 1 is 1.06 bits per heavy atom. The van der Waals surface area contributed by atoms with E-state index in [1.54, 1.807) is 31.2 Å². The van der Waals surface area contributed by atoms with Crippen molar-refractivity contribution in [2.75, 3.05) is 5.32 Å². The van der Waals surface area contributed by atoms with Crippen LogP contribution in [0.25, 0.3) is 11.3 Å². The number of benzene rings is 2. The first-order valence-corrected chi connectivity index (χ1v) is 12.0. The summed E-state index contributed by atoms with van der Waals surface area (Å²) in [6.45, 7) is 1.75. The number of carbonyl (C=O) groups excluding carboxylic acids is 2. The van der Waals surface area contributed by atoms with E-state index in [4.69, 9.17) is 27.6 Å². The van der Waals surface area contributed by atoms with Crippen LogP contribution >= 0.6 is 23.2 Å². The molecule has 1 amide bonds. The van der Waals surface area contributed by atoms with E-state index in [0.717, 1.165) is 17.8 Å². The molecule has 0 spiro atoms. The second-order valence-corrected chi connectivity index (χ2v) is 9.52. The van der Waals surface area contributed by atoms with E-state index in [-0.39, 0.29) is 17.1 Å². The van der Waals surface area contributed by atoms with Crippen molar-refractivity contribution in [1.29, 1.82) is 0 Å². The van der Waals surface area contributed by atoms with Crippen LogP contribution in [0.4, 0.5) is 14.5 Å². The molecular formula is C27H20Cl2F2N2O3. The van der Waals surface area contributed by atoms with Crippen LogP contribution in [0.5, 0.6) is 0 Å². The summed E-state index contributed by atoms with van der Waals surface area (Å²) in [6, 6.07) is 11.4. The molecule has 9 heteroatoms. The Morgan fingerprint density at radius 2 is 1.86 bits per heavy atom. The van der Waals surface area contributed by atoms with Crippen molar-refractivity contribution in [1.82, 2.24) is 5.32 Å². The molecule has 0 radical (unpaired) electrons. The lowest BCUT2D eigenvalue weighted by Crippen LogP contribution is -2.35. The quantitative estimate of drug-likeness (QED) is 0.377. The SMILES string of the molecule is CC1=C(C(=O)Nc2cc(Cl)ccc2Cl)C(c2ccc(-c3ccc(F)c(F)c3)o2)C2=C(CCCC2=O)N1. The van der Waals surface area contributed by atoms with Crippen molar-refractivity contribution >= 4 is 40.6 Å². The molecule has 2 heterocycles. The number of rotatable bonds is 4. The number of ketones is 1. The zero-order valence-corrected chi connectivity index (χ0v) is 20.6. The predicted molar refractivity (Wildman–Crippen MR) is 134 cm³/mol. The predicted octanol–water partition coefficient (Wildman–Crippen LogP) is 7.14. The first-order chi connectivity index (χ1) is 17.2. The molecule has 0 bridgehead atoms. The maximum absolute atomic E-state index is 13.8. The summed E-state index contributed by atoms with van der Waals surface area (Å²) in [4.78, 5) is 26.7. The van der Waals surface area contributed by atoms with E-state index < -0.39 is 23.5 Å². The molecule has 1 atom stereocenters. The lowest BCUT2D eigenvalue weighted by molar-refractivity contribution is -0.116. The molecular weight excluding hydrogens is 509 g/mol. The van der Waals surface area contributed by atoms with Gasteiger partial charge < -0.3 is 15.1 Å². The normalized spacial score (nSPS) is 17.7. The first kappa shape index (κ1) is 24.3. The van der Waals surface area contributed by atoms with E-state index in [2.05, 4.69) is 10.6 Å². The van der Waals surface area contributed by atoms with Crippen molar-refractivity contribution in [3.05, 3.63) is 98.5 Å². The highest BCUT2D eigenvalue weighted by molar-refractivity contribution is 6.36. The van der Waals surface area contributed by atoms with Gasteiger partial charge in [-0.25, -0.2) is 8.78 Å². The number of dihydropyridines is 1. The smallest absolute Gasteiger partial charge is 0.254 e. The van der Waals surface area contributed by atoms with Crippen LogP contribution in [0, 0.1) is 11.6 Å². The van der Waals surface area contributed by atoms with Gasteiger partial charge >= 0.3 is 0 Å². The fourth-order valence-corrected chi connectivity index (χ4v) is 5.00. The Balaban J connectivity index is 1.58. The molecule has 5 rings (SSSR count).